The molecule has 1 aromatic heterocycles. The highest BCUT2D eigenvalue weighted by Gasteiger charge is 2.23. The van der Waals surface area contributed by atoms with Crippen molar-refractivity contribution < 1.29 is 14.5 Å². The van der Waals surface area contributed by atoms with E-state index < -0.39 is 10.8 Å². The SMILES string of the molecule is Cc1cnc(NC(=O)CN(CC(C)C)C(=O)c2ccc([N+](=O)[O-])cc2Cl)s1. The average Bonchev–Trinajstić information content (AvgIpc) is 2.97. The molecule has 0 bridgehead atoms. The van der Waals surface area contributed by atoms with Crippen LogP contribution in [-0.2, 0) is 4.79 Å². The van der Waals surface area contributed by atoms with E-state index in [4.69, 9.17) is 11.6 Å². The van der Waals surface area contributed by atoms with Gasteiger partial charge in [0.15, 0.2) is 5.13 Å². The second-order valence-corrected chi connectivity index (χ2v) is 7.97. The van der Waals surface area contributed by atoms with Crippen molar-refractivity contribution in [2.24, 2.45) is 5.92 Å². The molecule has 1 aromatic carbocycles. The Morgan fingerprint density at radius 3 is 2.63 bits per heavy atom. The Labute approximate surface area is 165 Å². The molecule has 0 aliphatic carbocycles. The van der Waals surface area contributed by atoms with Gasteiger partial charge >= 0.3 is 0 Å². The second kappa shape index (κ2) is 8.92. The predicted octanol–water partition coefficient (Wildman–Crippen LogP) is 3.75. The number of hydrogen-bond acceptors (Lipinski definition) is 6. The molecule has 0 aliphatic rings. The van der Waals surface area contributed by atoms with Crippen molar-refractivity contribution in [1.82, 2.24) is 9.88 Å². The lowest BCUT2D eigenvalue weighted by atomic mass is 10.1. The van der Waals surface area contributed by atoms with E-state index in [0.717, 1.165) is 10.9 Å². The largest absolute Gasteiger partial charge is 0.329 e. The third-order valence-corrected chi connectivity index (χ3v) is 4.61. The van der Waals surface area contributed by atoms with Gasteiger partial charge in [-0.2, -0.15) is 0 Å². The number of nitrogens with zero attached hydrogens (tertiary/aromatic N) is 3. The summed E-state index contributed by atoms with van der Waals surface area (Å²) in [6, 6.07) is 3.64. The number of benzene rings is 1. The fourth-order valence-electron chi connectivity index (χ4n) is 2.37. The zero-order chi connectivity index (χ0) is 20.1. The Hall–Kier alpha value is -2.52. The van der Waals surface area contributed by atoms with Crippen LogP contribution in [-0.4, -0.2) is 39.7 Å². The number of rotatable bonds is 7. The van der Waals surface area contributed by atoms with Gasteiger partial charge in [0.05, 0.1) is 15.5 Å². The molecule has 0 unspecified atom stereocenters. The molecule has 0 saturated heterocycles. The summed E-state index contributed by atoms with van der Waals surface area (Å²) >= 11 is 7.39. The first-order chi connectivity index (χ1) is 12.7. The summed E-state index contributed by atoms with van der Waals surface area (Å²) in [5.74, 6) is -0.730. The predicted molar refractivity (Wildman–Crippen MR) is 104 cm³/mol. The molecule has 1 heterocycles. The van der Waals surface area contributed by atoms with E-state index in [1.54, 1.807) is 6.20 Å². The van der Waals surface area contributed by atoms with Gasteiger partial charge in [-0.3, -0.25) is 19.7 Å². The molecule has 0 radical (unpaired) electrons. The number of carbonyl (C=O) groups excluding carboxylic acids is 2. The van der Waals surface area contributed by atoms with Gasteiger partial charge in [-0.1, -0.05) is 25.4 Å². The molecule has 0 saturated carbocycles. The van der Waals surface area contributed by atoms with Crippen molar-refractivity contribution in [2.75, 3.05) is 18.4 Å². The summed E-state index contributed by atoms with van der Waals surface area (Å²) in [5, 5.41) is 13.9. The monoisotopic (exact) mass is 410 g/mol. The van der Waals surface area contributed by atoms with E-state index in [9.17, 15) is 19.7 Å². The minimum absolute atomic E-state index is 0.0288. The van der Waals surface area contributed by atoms with Crippen molar-refractivity contribution in [1.29, 1.82) is 0 Å². The molecule has 2 aromatic rings. The summed E-state index contributed by atoms with van der Waals surface area (Å²) in [7, 11) is 0. The summed E-state index contributed by atoms with van der Waals surface area (Å²) in [5.41, 5.74) is -0.0929. The summed E-state index contributed by atoms with van der Waals surface area (Å²) in [6.07, 6.45) is 1.65. The minimum Gasteiger partial charge on any atom is -0.329 e. The van der Waals surface area contributed by atoms with Gasteiger partial charge in [0.2, 0.25) is 5.91 Å². The normalized spacial score (nSPS) is 10.7. The quantitative estimate of drug-likeness (QED) is 0.552. The van der Waals surface area contributed by atoms with E-state index in [-0.39, 0.29) is 34.6 Å². The lowest BCUT2D eigenvalue weighted by Crippen LogP contribution is -2.40. The maximum Gasteiger partial charge on any atom is 0.270 e. The number of aromatic nitrogens is 1. The molecule has 144 valence electrons. The Morgan fingerprint density at radius 2 is 2.11 bits per heavy atom. The van der Waals surface area contributed by atoms with E-state index >= 15 is 0 Å². The first-order valence-electron chi connectivity index (χ1n) is 8.13. The lowest BCUT2D eigenvalue weighted by molar-refractivity contribution is -0.384. The van der Waals surface area contributed by atoms with Crippen molar-refractivity contribution in [3.63, 3.8) is 0 Å². The third kappa shape index (κ3) is 5.73. The number of non-ortho nitro benzene ring substituents is 1. The topological polar surface area (TPSA) is 105 Å². The van der Waals surface area contributed by atoms with Crippen molar-refractivity contribution in [3.8, 4) is 0 Å². The van der Waals surface area contributed by atoms with Crippen LogP contribution in [0, 0.1) is 23.0 Å². The van der Waals surface area contributed by atoms with Crippen LogP contribution >= 0.6 is 22.9 Å². The summed E-state index contributed by atoms with van der Waals surface area (Å²) in [6.45, 7) is 5.86. The van der Waals surface area contributed by atoms with Crippen LogP contribution < -0.4 is 5.32 Å². The van der Waals surface area contributed by atoms with Gasteiger partial charge < -0.3 is 10.2 Å². The molecule has 2 rings (SSSR count). The summed E-state index contributed by atoms with van der Waals surface area (Å²) in [4.78, 5) is 41.8. The standard InChI is InChI=1S/C17H19ClN4O4S/c1-10(2)8-21(9-15(23)20-17-19-7-11(3)27-17)16(24)13-5-4-12(22(25)26)6-14(13)18/h4-7,10H,8-9H2,1-3H3,(H,19,20,23). The van der Waals surface area contributed by atoms with Gasteiger partial charge in [0.25, 0.3) is 11.6 Å². The number of hydrogen-bond donors (Lipinski definition) is 1. The zero-order valence-electron chi connectivity index (χ0n) is 15.1. The molecule has 0 spiro atoms. The Kier molecular flexibility index (Phi) is 6.86. The second-order valence-electron chi connectivity index (χ2n) is 6.33. The number of aryl methyl sites for hydroxylation is 1. The van der Waals surface area contributed by atoms with Crippen LogP contribution in [0.3, 0.4) is 0 Å². The Balaban J connectivity index is 2.18. The van der Waals surface area contributed by atoms with Crippen LogP contribution in [0.15, 0.2) is 24.4 Å². The van der Waals surface area contributed by atoms with Gasteiger partial charge in [0.1, 0.15) is 6.54 Å². The molecule has 0 aliphatic heterocycles. The smallest absolute Gasteiger partial charge is 0.270 e. The first-order valence-corrected chi connectivity index (χ1v) is 9.32. The number of nitrogens with one attached hydrogen (secondary N) is 1. The minimum atomic E-state index is -0.588. The summed E-state index contributed by atoms with van der Waals surface area (Å²) < 4.78 is 0. The fourth-order valence-corrected chi connectivity index (χ4v) is 3.30. The van der Waals surface area contributed by atoms with Crippen LogP contribution in [0.2, 0.25) is 5.02 Å². The number of halogens is 1. The molecule has 2 amide bonds. The number of carbonyl (C=O) groups is 2. The molecule has 8 nitrogen and oxygen atoms in total. The van der Waals surface area contributed by atoms with Crippen molar-refractivity contribution in [2.45, 2.75) is 20.8 Å². The van der Waals surface area contributed by atoms with Crippen LogP contribution in [0.25, 0.3) is 0 Å². The number of thiazole rings is 1. The highest BCUT2D eigenvalue weighted by atomic mass is 35.5. The van der Waals surface area contributed by atoms with E-state index in [2.05, 4.69) is 10.3 Å². The van der Waals surface area contributed by atoms with E-state index in [0.29, 0.717) is 11.7 Å². The zero-order valence-corrected chi connectivity index (χ0v) is 16.6. The third-order valence-electron chi connectivity index (χ3n) is 3.47. The van der Waals surface area contributed by atoms with Gasteiger partial charge in [-0.25, -0.2) is 4.98 Å². The molecular formula is C17H19ClN4O4S. The average molecular weight is 411 g/mol. The van der Waals surface area contributed by atoms with E-state index in [1.165, 1.54) is 28.4 Å². The van der Waals surface area contributed by atoms with Crippen LogP contribution in [0.1, 0.15) is 29.1 Å². The number of nitro groups is 1. The molecular weight excluding hydrogens is 392 g/mol. The number of nitro benzene ring substituents is 1. The fraction of sp³-hybridized carbons (Fsp3) is 0.353. The van der Waals surface area contributed by atoms with Crippen molar-refractivity contribution >= 4 is 45.6 Å². The maximum atomic E-state index is 12.9. The molecule has 27 heavy (non-hydrogen) atoms. The van der Waals surface area contributed by atoms with E-state index in [1.807, 2.05) is 20.8 Å². The molecule has 0 atom stereocenters. The number of anilines is 1. The van der Waals surface area contributed by atoms with Crippen LogP contribution in [0.4, 0.5) is 10.8 Å². The Bertz CT molecular complexity index is 868. The van der Waals surface area contributed by atoms with Crippen LogP contribution in [0.5, 0.6) is 0 Å². The van der Waals surface area contributed by atoms with Gasteiger partial charge in [-0.15, -0.1) is 11.3 Å². The van der Waals surface area contributed by atoms with Crippen molar-refractivity contribution in [3.05, 3.63) is 50.0 Å². The molecule has 1 N–H and O–H groups in total. The first kappa shape index (κ1) is 20.8. The van der Waals surface area contributed by atoms with Gasteiger partial charge in [0, 0.05) is 29.8 Å². The number of amides is 2. The maximum absolute atomic E-state index is 12.9. The lowest BCUT2D eigenvalue weighted by Gasteiger charge is -2.24. The Morgan fingerprint density at radius 1 is 1.41 bits per heavy atom. The van der Waals surface area contributed by atoms with Gasteiger partial charge in [-0.05, 0) is 18.9 Å². The molecule has 0 fully saturated rings. The highest BCUT2D eigenvalue weighted by Crippen LogP contribution is 2.24. The highest BCUT2D eigenvalue weighted by molar-refractivity contribution is 7.15. The molecule has 10 heteroatoms.